The Kier molecular flexibility index (Phi) is 5.96. The number of ether oxygens (including phenoxy) is 1. The Bertz CT molecular complexity index is 864. The van der Waals surface area contributed by atoms with Crippen molar-refractivity contribution in [3.8, 4) is 11.5 Å². The van der Waals surface area contributed by atoms with Gasteiger partial charge in [-0.15, -0.1) is 0 Å². The molecule has 3 atom stereocenters. The summed E-state index contributed by atoms with van der Waals surface area (Å²) < 4.78 is 7.00. The van der Waals surface area contributed by atoms with Crippen molar-refractivity contribution in [3.63, 3.8) is 0 Å². The van der Waals surface area contributed by atoms with Crippen LogP contribution in [0.25, 0.3) is 0 Å². The normalized spacial score (nSPS) is 22.4. The fraction of sp³-hybridized carbons (Fsp3) is 0.417. The average molecular weight is 442 g/mol. The smallest absolute Gasteiger partial charge is 0.120 e. The number of benzene rings is 2. The highest BCUT2D eigenvalue weighted by Gasteiger charge is 2.39. The van der Waals surface area contributed by atoms with Crippen molar-refractivity contribution >= 4 is 21.6 Å². The first-order valence-electron chi connectivity index (χ1n) is 10.4. The molecule has 28 heavy (non-hydrogen) atoms. The van der Waals surface area contributed by atoms with E-state index in [2.05, 4.69) is 58.5 Å². The molecule has 3 unspecified atom stereocenters. The number of nitrogens with one attached hydrogen (secondary N) is 1. The molecule has 0 radical (unpaired) electrons. The van der Waals surface area contributed by atoms with E-state index in [0.717, 1.165) is 40.9 Å². The second-order valence-corrected chi connectivity index (χ2v) is 8.75. The largest absolute Gasteiger partial charge is 0.508 e. The van der Waals surface area contributed by atoms with E-state index in [-0.39, 0.29) is 6.04 Å². The minimum atomic E-state index is 0.0887. The second-order valence-electron chi connectivity index (χ2n) is 7.84. The first-order valence-corrected chi connectivity index (χ1v) is 11.1. The number of fused-ring (bicyclic) bond motifs is 3. The van der Waals surface area contributed by atoms with Crippen molar-refractivity contribution in [1.82, 2.24) is 0 Å². The molecule has 1 aliphatic heterocycles. The first-order chi connectivity index (χ1) is 13.7. The van der Waals surface area contributed by atoms with E-state index in [9.17, 15) is 5.11 Å². The number of hydrogen-bond donors (Lipinski definition) is 2. The standard InChI is InChI=1S/C24H28BrNO2/c1-2-3-4-5-13-28-17-10-11-22-20(15-17)18-7-6-8-19(18)24(26-22)21-14-16(25)9-12-23(21)27/h6-7,9-12,14-15,18-19,24,26-27H,2-5,8,13H2,1H3. The van der Waals surface area contributed by atoms with Gasteiger partial charge in [-0.05, 0) is 60.7 Å². The SMILES string of the molecule is CCCCCCOc1ccc2c(c1)C1C=CCC1C(c1cc(Br)ccc1O)N2. The minimum absolute atomic E-state index is 0.0887. The molecule has 2 aliphatic rings. The first kappa shape index (κ1) is 19.4. The van der Waals surface area contributed by atoms with Gasteiger partial charge in [-0.3, -0.25) is 0 Å². The molecule has 2 aromatic rings. The lowest BCUT2D eigenvalue weighted by atomic mass is 9.77. The van der Waals surface area contributed by atoms with Gasteiger partial charge in [0, 0.05) is 21.6 Å². The molecule has 2 N–H and O–H groups in total. The van der Waals surface area contributed by atoms with Crippen LogP contribution in [0.1, 0.15) is 62.1 Å². The third-order valence-corrected chi connectivity index (χ3v) is 6.42. The van der Waals surface area contributed by atoms with Crippen molar-refractivity contribution in [3.05, 3.63) is 64.1 Å². The molecule has 1 aliphatic carbocycles. The van der Waals surface area contributed by atoms with Crippen molar-refractivity contribution in [1.29, 1.82) is 0 Å². The molecular formula is C24H28BrNO2. The zero-order chi connectivity index (χ0) is 19.5. The molecule has 0 aromatic heterocycles. The van der Waals surface area contributed by atoms with E-state index in [1.807, 2.05) is 12.1 Å². The Morgan fingerprint density at radius 3 is 2.86 bits per heavy atom. The van der Waals surface area contributed by atoms with E-state index >= 15 is 0 Å². The summed E-state index contributed by atoms with van der Waals surface area (Å²) in [5.74, 6) is 2.05. The van der Waals surface area contributed by atoms with Crippen molar-refractivity contribution in [2.45, 2.75) is 51.0 Å². The van der Waals surface area contributed by atoms with Crippen molar-refractivity contribution in [2.75, 3.05) is 11.9 Å². The Balaban J connectivity index is 1.56. The summed E-state index contributed by atoms with van der Waals surface area (Å²) in [6, 6.07) is 12.1. The highest BCUT2D eigenvalue weighted by molar-refractivity contribution is 9.10. The highest BCUT2D eigenvalue weighted by atomic mass is 79.9. The Hall–Kier alpha value is -1.94. The predicted octanol–water partition coefficient (Wildman–Crippen LogP) is 6.94. The lowest BCUT2D eigenvalue weighted by Crippen LogP contribution is -2.29. The van der Waals surface area contributed by atoms with Crippen LogP contribution in [0, 0.1) is 5.92 Å². The topological polar surface area (TPSA) is 41.5 Å². The number of aromatic hydroxyl groups is 1. The van der Waals surface area contributed by atoms with Crippen LogP contribution in [-0.4, -0.2) is 11.7 Å². The molecule has 1 heterocycles. The van der Waals surface area contributed by atoms with Gasteiger partial charge >= 0.3 is 0 Å². The second kappa shape index (κ2) is 8.60. The van der Waals surface area contributed by atoms with Crippen molar-refractivity contribution < 1.29 is 9.84 Å². The molecule has 0 amide bonds. The number of rotatable bonds is 7. The lowest BCUT2D eigenvalue weighted by Gasteiger charge is -2.38. The quantitative estimate of drug-likeness (QED) is 0.361. The molecule has 0 spiro atoms. The molecule has 0 bridgehead atoms. The van der Waals surface area contributed by atoms with E-state index < -0.39 is 0 Å². The van der Waals surface area contributed by atoms with Gasteiger partial charge in [0.25, 0.3) is 0 Å². The van der Waals surface area contributed by atoms with Crippen LogP contribution in [0.2, 0.25) is 0 Å². The summed E-state index contributed by atoms with van der Waals surface area (Å²) in [6.07, 6.45) is 10.5. The average Bonchev–Trinajstić information content (AvgIpc) is 3.19. The summed E-state index contributed by atoms with van der Waals surface area (Å²) in [5, 5.41) is 14.1. The maximum absolute atomic E-state index is 10.5. The van der Waals surface area contributed by atoms with Gasteiger partial charge < -0.3 is 15.2 Å². The summed E-state index contributed by atoms with van der Waals surface area (Å²) in [6.45, 7) is 3.01. The molecule has 3 nitrogen and oxygen atoms in total. The number of phenols is 1. The summed E-state index contributed by atoms with van der Waals surface area (Å²) in [7, 11) is 0. The van der Waals surface area contributed by atoms with Crippen LogP contribution < -0.4 is 10.1 Å². The van der Waals surface area contributed by atoms with Gasteiger partial charge in [-0.25, -0.2) is 0 Å². The maximum atomic E-state index is 10.5. The van der Waals surface area contributed by atoms with Crippen LogP contribution in [0.5, 0.6) is 11.5 Å². The molecule has 4 heteroatoms. The number of halogens is 1. The molecule has 2 aromatic carbocycles. The third kappa shape index (κ3) is 3.93. The van der Waals surface area contributed by atoms with Crippen LogP contribution in [0.4, 0.5) is 5.69 Å². The zero-order valence-corrected chi connectivity index (χ0v) is 17.9. The third-order valence-electron chi connectivity index (χ3n) is 5.93. The molecule has 0 saturated heterocycles. The number of unbranched alkanes of at least 4 members (excludes halogenated alkanes) is 3. The minimum Gasteiger partial charge on any atom is -0.508 e. The number of anilines is 1. The van der Waals surface area contributed by atoms with E-state index in [1.165, 1.54) is 24.8 Å². The Labute approximate surface area is 175 Å². The Morgan fingerprint density at radius 2 is 2.00 bits per heavy atom. The summed E-state index contributed by atoms with van der Waals surface area (Å²) >= 11 is 3.55. The van der Waals surface area contributed by atoms with E-state index in [1.54, 1.807) is 6.07 Å². The zero-order valence-electron chi connectivity index (χ0n) is 16.3. The van der Waals surface area contributed by atoms with Crippen LogP contribution in [0.15, 0.2) is 53.0 Å². The van der Waals surface area contributed by atoms with Crippen LogP contribution in [0.3, 0.4) is 0 Å². The molecular weight excluding hydrogens is 414 g/mol. The number of allylic oxidation sites excluding steroid dienone is 2. The monoisotopic (exact) mass is 441 g/mol. The number of phenolic OH excluding ortho intramolecular Hbond substituents is 1. The lowest BCUT2D eigenvalue weighted by molar-refractivity contribution is 0.304. The van der Waals surface area contributed by atoms with Gasteiger partial charge in [-0.1, -0.05) is 54.3 Å². The van der Waals surface area contributed by atoms with Gasteiger partial charge in [0.05, 0.1) is 12.6 Å². The Morgan fingerprint density at radius 1 is 1.11 bits per heavy atom. The van der Waals surface area contributed by atoms with E-state index in [0.29, 0.717) is 17.6 Å². The van der Waals surface area contributed by atoms with Gasteiger partial charge in [-0.2, -0.15) is 0 Å². The number of hydrogen-bond acceptors (Lipinski definition) is 3. The fourth-order valence-electron chi connectivity index (χ4n) is 4.46. The van der Waals surface area contributed by atoms with Gasteiger partial charge in [0.1, 0.15) is 11.5 Å². The molecule has 4 rings (SSSR count). The van der Waals surface area contributed by atoms with Gasteiger partial charge in [0.2, 0.25) is 0 Å². The molecule has 0 saturated carbocycles. The fourth-order valence-corrected chi connectivity index (χ4v) is 4.84. The molecule has 148 valence electrons. The van der Waals surface area contributed by atoms with E-state index in [4.69, 9.17) is 4.74 Å². The molecule has 0 fully saturated rings. The maximum Gasteiger partial charge on any atom is 0.120 e. The van der Waals surface area contributed by atoms with Gasteiger partial charge in [0.15, 0.2) is 0 Å². The highest BCUT2D eigenvalue weighted by Crippen LogP contribution is 2.51. The van der Waals surface area contributed by atoms with Crippen LogP contribution >= 0.6 is 15.9 Å². The predicted molar refractivity (Wildman–Crippen MR) is 118 cm³/mol. The summed E-state index contributed by atoms with van der Waals surface area (Å²) in [5.41, 5.74) is 3.39. The van der Waals surface area contributed by atoms with Crippen molar-refractivity contribution in [2.24, 2.45) is 5.92 Å². The van der Waals surface area contributed by atoms with Crippen LogP contribution in [-0.2, 0) is 0 Å². The summed E-state index contributed by atoms with van der Waals surface area (Å²) in [4.78, 5) is 0.